The quantitative estimate of drug-likeness (QED) is 0.814. The lowest BCUT2D eigenvalue weighted by molar-refractivity contribution is 0.0397. The Morgan fingerprint density at radius 3 is 2.85 bits per heavy atom. The first-order valence-electron chi connectivity index (χ1n) is 6.71. The summed E-state index contributed by atoms with van der Waals surface area (Å²) >= 11 is 1.64. The molecular formula is C14H18N4OS. The van der Waals surface area contributed by atoms with Crippen LogP contribution in [-0.4, -0.2) is 47.1 Å². The average molecular weight is 290 g/mol. The van der Waals surface area contributed by atoms with Crippen molar-refractivity contribution in [3.8, 4) is 5.13 Å². The van der Waals surface area contributed by atoms with Crippen molar-refractivity contribution in [2.24, 2.45) is 5.10 Å². The molecule has 0 saturated carbocycles. The van der Waals surface area contributed by atoms with Crippen LogP contribution in [0.15, 0.2) is 22.7 Å². The van der Waals surface area contributed by atoms with E-state index in [1.165, 1.54) is 11.4 Å². The molecule has 0 bridgehead atoms. The summed E-state index contributed by atoms with van der Waals surface area (Å²) in [5, 5.41) is 9.60. The fraction of sp³-hybridized carbons (Fsp3) is 0.429. The predicted molar refractivity (Wildman–Crippen MR) is 80.9 cm³/mol. The van der Waals surface area contributed by atoms with Gasteiger partial charge in [0.1, 0.15) is 0 Å². The first-order valence-corrected chi connectivity index (χ1v) is 7.59. The number of morpholine rings is 1. The highest BCUT2D eigenvalue weighted by atomic mass is 32.1. The SMILES string of the molecule is Cc1cc(/C=N\N2CCOCC2)c(C)n1-c1nccs1. The Hall–Kier alpha value is -1.66. The molecule has 0 atom stereocenters. The van der Waals surface area contributed by atoms with Crippen LogP contribution < -0.4 is 0 Å². The zero-order valence-electron chi connectivity index (χ0n) is 11.7. The van der Waals surface area contributed by atoms with Crippen molar-refractivity contribution in [3.63, 3.8) is 0 Å². The maximum atomic E-state index is 5.32. The van der Waals surface area contributed by atoms with E-state index in [2.05, 4.69) is 39.6 Å². The van der Waals surface area contributed by atoms with Gasteiger partial charge in [0.2, 0.25) is 0 Å². The molecule has 1 aliphatic rings. The van der Waals surface area contributed by atoms with Gasteiger partial charge in [0.25, 0.3) is 0 Å². The second kappa shape index (κ2) is 5.76. The van der Waals surface area contributed by atoms with Crippen LogP contribution in [0.25, 0.3) is 5.13 Å². The zero-order chi connectivity index (χ0) is 13.9. The topological polar surface area (TPSA) is 42.6 Å². The van der Waals surface area contributed by atoms with Gasteiger partial charge in [0.05, 0.1) is 32.5 Å². The minimum atomic E-state index is 0.759. The molecule has 20 heavy (non-hydrogen) atoms. The highest BCUT2D eigenvalue weighted by Crippen LogP contribution is 2.21. The highest BCUT2D eigenvalue weighted by molar-refractivity contribution is 7.12. The van der Waals surface area contributed by atoms with Crippen molar-refractivity contribution in [2.75, 3.05) is 26.3 Å². The molecule has 3 heterocycles. The summed E-state index contributed by atoms with van der Waals surface area (Å²) in [5.74, 6) is 0. The lowest BCUT2D eigenvalue weighted by Gasteiger charge is -2.23. The van der Waals surface area contributed by atoms with Crippen LogP contribution in [0.3, 0.4) is 0 Å². The first-order chi connectivity index (χ1) is 9.75. The molecule has 0 unspecified atom stereocenters. The molecular weight excluding hydrogens is 272 g/mol. The van der Waals surface area contributed by atoms with Gasteiger partial charge in [-0.25, -0.2) is 4.98 Å². The van der Waals surface area contributed by atoms with Gasteiger partial charge < -0.3 is 4.74 Å². The first kappa shape index (κ1) is 13.3. The van der Waals surface area contributed by atoms with Crippen LogP contribution in [0.4, 0.5) is 0 Å². The number of thiazole rings is 1. The third-order valence-electron chi connectivity index (χ3n) is 3.43. The number of hydrogen-bond donors (Lipinski definition) is 0. The van der Waals surface area contributed by atoms with Gasteiger partial charge in [-0.3, -0.25) is 9.58 Å². The Kier molecular flexibility index (Phi) is 3.84. The molecule has 0 radical (unpaired) electrons. The minimum absolute atomic E-state index is 0.759. The molecule has 0 aromatic carbocycles. The average Bonchev–Trinajstić information content (AvgIpc) is 3.06. The Morgan fingerprint density at radius 1 is 1.35 bits per heavy atom. The van der Waals surface area contributed by atoms with Crippen molar-refractivity contribution < 1.29 is 4.74 Å². The van der Waals surface area contributed by atoms with Gasteiger partial charge in [-0.2, -0.15) is 5.10 Å². The molecule has 1 fully saturated rings. The molecule has 0 spiro atoms. The van der Waals surface area contributed by atoms with Crippen LogP contribution in [-0.2, 0) is 4.74 Å². The van der Waals surface area contributed by atoms with Gasteiger partial charge in [-0.15, -0.1) is 11.3 Å². The predicted octanol–water partition coefficient (Wildman–Crippen LogP) is 2.22. The summed E-state index contributed by atoms with van der Waals surface area (Å²) < 4.78 is 7.49. The van der Waals surface area contributed by atoms with Crippen molar-refractivity contribution in [1.29, 1.82) is 0 Å². The van der Waals surface area contributed by atoms with E-state index >= 15 is 0 Å². The largest absolute Gasteiger partial charge is 0.378 e. The number of hydrazone groups is 1. The second-order valence-corrected chi connectivity index (χ2v) is 5.66. The summed E-state index contributed by atoms with van der Waals surface area (Å²) in [4.78, 5) is 4.38. The molecule has 1 saturated heterocycles. The maximum absolute atomic E-state index is 5.32. The molecule has 5 nitrogen and oxygen atoms in total. The molecule has 2 aromatic rings. The number of nitrogens with zero attached hydrogens (tertiary/aromatic N) is 4. The van der Waals surface area contributed by atoms with Crippen molar-refractivity contribution in [3.05, 3.63) is 34.6 Å². The molecule has 1 aliphatic heterocycles. The maximum Gasteiger partial charge on any atom is 0.193 e. The molecule has 106 valence electrons. The summed E-state index contributed by atoms with van der Waals surface area (Å²) in [6.45, 7) is 7.45. The van der Waals surface area contributed by atoms with Gasteiger partial charge in [-0.05, 0) is 19.9 Å². The number of hydrogen-bond acceptors (Lipinski definition) is 5. The van der Waals surface area contributed by atoms with Crippen LogP contribution in [0.2, 0.25) is 0 Å². The van der Waals surface area contributed by atoms with Gasteiger partial charge >= 0.3 is 0 Å². The lowest BCUT2D eigenvalue weighted by Crippen LogP contribution is -2.32. The lowest BCUT2D eigenvalue weighted by atomic mass is 10.3. The van der Waals surface area contributed by atoms with E-state index in [9.17, 15) is 0 Å². The van der Waals surface area contributed by atoms with E-state index in [4.69, 9.17) is 4.74 Å². The number of ether oxygens (including phenoxy) is 1. The van der Waals surface area contributed by atoms with Gasteiger partial charge in [-0.1, -0.05) is 0 Å². The summed E-state index contributed by atoms with van der Waals surface area (Å²) in [6.07, 6.45) is 3.78. The van der Waals surface area contributed by atoms with Crippen LogP contribution in [0.1, 0.15) is 17.0 Å². The van der Waals surface area contributed by atoms with E-state index in [0.29, 0.717) is 0 Å². The van der Waals surface area contributed by atoms with Crippen LogP contribution in [0, 0.1) is 13.8 Å². The van der Waals surface area contributed by atoms with Crippen molar-refractivity contribution in [2.45, 2.75) is 13.8 Å². The second-order valence-electron chi connectivity index (χ2n) is 4.79. The summed E-state index contributed by atoms with van der Waals surface area (Å²) in [7, 11) is 0. The van der Waals surface area contributed by atoms with E-state index < -0.39 is 0 Å². The zero-order valence-corrected chi connectivity index (χ0v) is 12.6. The van der Waals surface area contributed by atoms with Gasteiger partial charge in [0.15, 0.2) is 5.13 Å². The Morgan fingerprint density at radius 2 is 2.15 bits per heavy atom. The Bertz CT molecular complexity index is 597. The molecule has 0 aliphatic carbocycles. The number of aromatic nitrogens is 2. The molecule has 0 N–H and O–H groups in total. The van der Waals surface area contributed by atoms with Crippen LogP contribution >= 0.6 is 11.3 Å². The summed E-state index contributed by atoms with van der Waals surface area (Å²) in [6, 6.07) is 2.15. The third kappa shape index (κ3) is 2.62. The van der Waals surface area contributed by atoms with Crippen molar-refractivity contribution >= 4 is 17.6 Å². The summed E-state index contributed by atoms with van der Waals surface area (Å²) in [5.41, 5.74) is 3.50. The number of aryl methyl sites for hydroxylation is 1. The normalized spacial score (nSPS) is 16.2. The van der Waals surface area contributed by atoms with Gasteiger partial charge in [0, 0.05) is 28.5 Å². The van der Waals surface area contributed by atoms with E-state index in [1.54, 1.807) is 11.3 Å². The fourth-order valence-corrected chi connectivity index (χ4v) is 3.10. The van der Waals surface area contributed by atoms with E-state index in [1.807, 2.05) is 17.8 Å². The van der Waals surface area contributed by atoms with E-state index in [0.717, 1.165) is 37.0 Å². The smallest absolute Gasteiger partial charge is 0.193 e. The molecule has 0 amide bonds. The van der Waals surface area contributed by atoms with Crippen LogP contribution in [0.5, 0.6) is 0 Å². The van der Waals surface area contributed by atoms with Crippen molar-refractivity contribution in [1.82, 2.24) is 14.6 Å². The molecule has 2 aromatic heterocycles. The minimum Gasteiger partial charge on any atom is -0.378 e. The fourth-order valence-electron chi connectivity index (χ4n) is 2.35. The molecule has 3 rings (SSSR count). The monoisotopic (exact) mass is 290 g/mol. The highest BCUT2D eigenvalue weighted by Gasteiger charge is 2.12. The number of rotatable bonds is 3. The Labute approximate surface area is 122 Å². The third-order valence-corrected chi connectivity index (χ3v) is 4.19. The Balaban J connectivity index is 1.84. The standard InChI is InChI=1S/C14H18N4OS/c1-11-9-13(10-16-17-4-6-19-7-5-17)12(2)18(11)14-15-3-8-20-14/h3,8-10H,4-7H2,1-2H3/b16-10-. The van der Waals surface area contributed by atoms with E-state index in [-0.39, 0.29) is 0 Å². The molecule has 6 heteroatoms.